The van der Waals surface area contributed by atoms with E-state index in [9.17, 15) is 9.59 Å². The van der Waals surface area contributed by atoms with Gasteiger partial charge in [0.15, 0.2) is 12.7 Å². The fourth-order valence-electron chi connectivity index (χ4n) is 1.76. The lowest BCUT2D eigenvalue weighted by molar-refractivity contribution is -0.129. The summed E-state index contributed by atoms with van der Waals surface area (Å²) in [5.74, 6) is 0.891. The van der Waals surface area contributed by atoms with Crippen LogP contribution in [0.15, 0.2) is 60.7 Å². The van der Waals surface area contributed by atoms with Gasteiger partial charge in [0.05, 0.1) is 0 Å². The maximum Gasteiger partial charge on any atom is 0.210 e. The van der Waals surface area contributed by atoms with E-state index in [2.05, 4.69) is 0 Å². The number of ether oxygens (including phenoxy) is 2. The summed E-state index contributed by atoms with van der Waals surface area (Å²) in [6, 6.07) is 18.0. The zero-order valence-corrected chi connectivity index (χ0v) is 11.5. The Kier molecular flexibility index (Phi) is 5.52. The molecule has 2 aromatic carbocycles. The molecule has 4 heteroatoms. The van der Waals surface area contributed by atoms with Crippen LogP contribution < -0.4 is 9.47 Å². The second-order valence-electron chi connectivity index (χ2n) is 4.39. The molecule has 1 atom stereocenters. The minimum atomic E-state index is -0.825. The smallest absolute Gasteiger partial charge is 0.210 e. The minimum Gasteiger partial charge on any atom is -0.486 e. The van der Waals surface area contributed by atoms with Crippen molar-refractivity contribution in [1.29, 1.82) is 0 Å². The Bertz CT molecular complexity index is 566. The van der Waals surface area contributed by atoms with Gasteiger partial charge in [-0.05, 0) is 24.3 Å². The largest absolute Gasteiger partial charge is 0.486 e. The standard InChI is InChI=1S/C17H16O4/c18-12-11-17(21-15-9-5-2-6-10-15)16(19)13-20-14-7-3-1-4-8-14/h1-10,12,17H,11,13H2. The molecule has 0 fully saturated rings. The van der Waals surface area contributed by atoms with E-state index >= 15 is 0 Å². The molecule has 0 amide bonds. The van der Waals surface area contributed by atoms with Gasteiger partial charge in [-0.3, -0.25) is 4.79 Å². The number of hydrogen-bond acceptors (Lipinski definition) is 4. The average molecular weight is 284 g/mol. The van der Waals surface area contributed by atoms with Crippen molar-refractivity contribution in [1.82, 2.24) is 0 Å². The van der Waals surface area contributed by atoms with E-state index in [4.69, 9.17) is 9.47 Å². The summed E-state index contributed by atoms with van der Waals surface area (Å²) >= 11 is 0. The van der Waals surface area contributed by atoms with Gasteiger partial charge in [0.1, 0.15) is 17.8 Å². The van der Waals surface area contributed by atoms with Crippen molar-refractivity contribution >= 4 is 12.1 Å². The van der Waals surface area contributed by atoms with Crippen LogP contribution in [0.2, 0.25) is 0 Å². The number of hydrogen-bond donors (Lipinski definition) is 0. The highest BCUT2D eigenvalue weighted by atomic mass is 16.5. The quantitative estimate of drug-likeness (QED) is 0.699. The summed E-state index contributed by atoms with van der Waals surface area (Å²) in [5, 5.41) is 0. The Balaban J connectivity index is 1.94. The predicted octanol–water partition coefficient (Wildman–Crippen LogP) is 2.67. The SMILES string of the molecule is O=CCC(Oc1ccccc1)C(=O)COc1ccccc1. The summed E-state index contributed by atoms with van der Waals surface area (Å²) in [5.41, 5.74) is 0. The van der Waals surface area contributed by atoms with Crippen molar-refractivity contribution in [3.8, 4) is 11.5 Å². The Morgan fingerprint density at radius 1 is 0.952 bits per heavy atom. The minimum absolute atomic E-state index is 0.00583. The van der Waals surface area contributed by atoms with Gasteiger partial charge in [-0.15, -0.1) is 0 Å². The average Bonchev–Trinajstić information content (AvgIpc) is 2.54. The molecule has 2 aromatic rings. The number of aldehydes is 1. The first-order valence-corrected chi connectivity index (χ1v) is 6.65. The molecule has 0 bridgehead atoms. The lowest BCUT2D eigenvalue weighted by Gasteiger charge is -2.16. The number of ketones is 1. The number of para-hydroxylation sites is 2. The van der Waals surface area contributed by atoms with E-state index in [1.54, 1.807) is 36.4 Å². The second kappa shape index (κ2) is 7.85. The normalized spacial score (nSPS) is 11.4. The molecule has 0 spiro atoms. The molecule has 1 unspecified atom stereocenters. The zero-order valence-electron chi connectivity index (χ0n) is 11.5. The van der Waals surface area contributed by atoms with Crippen molar-refractivity contribution in [2.75, 3.05) is 6.61 Å². The van der Waals surface area contributed by atoms with Crippen molar-refractivity contribution in [2.45, 2.75) is 12.5 Å². The summed E-state index contributed by atoms with van der Waals surface area (Å²) in [7, 11) is 0. The van der Waals surface area contributed by atoms with Crippen LogP contribution in [-0.2, 0) is 9.59 Å². The van der Waals surface area contributed by atoms with Crippen LogP contribution in [0.4, 0.5) is 0 Å². The van der Waals surface area contributed by atoms with Crippen LogP contribution in [0.1, 0.15) is 6.42 Å². The summed E-state index contributed by atoms with van der Waals surface area (Å²) in [6.45, 7) is -0.130. The van der Waals surface area contributed by atoms with Crippen molar-refractivity contribution in [3.05, 3.63) is 60.7 Å². The third-order valence-electron chi connectivity index (χ3n) is 2.82. The summed E-state index contributed by atoms with van der Waals surface area (Å²) in [4.78, 5) is 22.8. The van der Waals surface area contributed by atoms with Gasteiger partial charge < -0.3 is 14.3 Å². The van der Waals surface area contributed by atoms with Crippen LogP contribution in [0, 0.1) is 0 Å². The molecule has 0 aliphatic rings. The molecule has 0 aromatic heterocycles. The highest BCUT2D eigenvalue weighted by Crippen LogP contribution is 2.14. The lowest BCUT2D eigenvalue weighted by atomic mass is 10.2. The lowest BCUT2D eigenvalue weighted by Crippen LogP contribution is -2.32. The molecule has 2 rings (SSSR count). The van der Waals surface area contributed by atoms with Crippen molar-refractivity contribution < 1.29 is 19.1 Å². The predicted molar refractivity (Wildman–Crippen MR) is 78.5 cm³/mol. The van der Waals surface area contributed by atoms with Crippen LogP contribution in [-0.4, -0.2) is 24.8 Å². The number of Topliss-reactive ketones (excluding diaryl/α,β-unsaturated/α-hetero) is 1. The van der Waals surface area contributed by atoms with Crippen LogP contribution >= 0.6 is 0 Å². The summed E-state index contributed by atoms with van der Waals surface area (Å²) in [6.07, 6.45) is -0.145. The molecular weight excluding hydrogens is 268 g/mol. The van der Waals surface area contributed by atoms with Gasteiger partial charge in [-0.2, -0.15) is 0 Å². The van der Waals surface area contributed by atoms with E-state index in [1.807, 2.05) is 24.3 Å². The van der Waals surface area contributed by atoms with E-state index < -0.39 is 6.10 Å². The number of carbonyl (C=O) groups is 2. The first kappa shape index (κ1) is 14.8. The number of benzene rings is 2. The monoisotopic (exact) mass is 284 g/mol. The van der Waals surface area contributed by atoms with Gasteiger partial charge in [0, 0.05) is 6.42 Å². The first-order valence-electron chi connectivity index (χ1n) is 6.65. The zero-order chi connectivity index (χ0) is 14.9. The maximum absolute atomic E-state index is 12.1. The van der Waals surface area contributed by atoms with E-state index in [0.29, 0.717) is 17.8 Å². The van der Waals surface area contributed by atoms with Crippen LogP contribution in [0.5, 0.6) is 11.5 Å². The van der Waals surface area contributed by atoms with Gasteiger partial charge in [-0.1, -0.05) is 36.4 Å². The Hall–Kier alpha value is -2.62. The highest BCUT2D eigenvalue weighted by molar-refractivity contribution is 5.86. The molecule has 0 saturated carbocycles. The summed E-state index contributed by atoms with van der Waals surface area (Å²) < 4.78 is 10.9. The second-order valence-corrected chi connectivity index (χ2v) is 4.39. The molecule has 0 radical (unpaired) electrons. The molecule has 0 N–H and O–H groups in total. The maximum atomic E-state index is 12.1. The third-order valence-corrected chi connectivity index (χ3v) is 2.82. The fourth-order valence-corrected chi connectivity index (χ4v) is 1.76. The highest BCUT2D eigenvalue weighted by Gasteiger charge is 2.20. The molecule has 0 heterocycles. The van der Waals surface area contributed by atoms with Gasteiger partial charge in [-0.25, -0.2) is 0 Å². The van der Waals surface area contributed by atoms with Crippen molar-refractivity contribution in [2.24, 2.45) is 0 Å². The van der Waals surface area contributed by atoms with E-state index in [-0.39, 0.29) is 18.8 Å². The molecule has 0 saturated heterocycles. The molecular formula is C17H16O4. The molecule has 0 aliphatic heterocycles. The fraction of sp³-hybridized carbons (Fsp3) is 0.176. The molecule has 0 aliphatic carbocycles. The first-order chi connectivity index (χ1) is 10.3. The van der Waals surface area contributed by atoms with Gasteiger partial charge in [0.25, 0.3) is 0 Å². The number of rotatable bonds is 8. The number of carbonyl (C=O) groups excluding carboxylic acids is 2. The van der Waals surface area contributed by atoms with Crippen molar-refractivity contribution in [3.63, 3.8) is 0 Å². The van der Waals surface area contributed by atoms with Crippen LogP contribution in [0.3, 0.4) is 0 Å². The molecule has 4 nitrogen and oxygen atoms in total. The topological polar surface area (TPSA) is 52.6 Å². The van der Waals surface area contributed by atoms with E-state index in [1.165, 1.54) is 0 Å². The molecule has 108 valence electrons. The van der Waals surface area contributed by atoms with Gasteiger partial charge in [0.2, 0.25) is 5.78 Å². The van der Waals surface area contributed by atoms with Crippen LogP contribution in [0.25, 0.3) is 0 Å². The third kappa shape index (κ3) is 4.76. The van der Waals surface area contributed by atoms with E-state index in [0.717, 1.165) is 0 Å². The molecule has 21 heavy (non-hydrogen) atoms. The van der Waals surface area contributed by atoms with Gasteiger partial charge >= 0.3 is 0 Å². The Labute approximate surface area is 123 Å². The Morgan fingerprint density at radius 2 is 1.52 bits per heavy atom. The Morgan fingerprint density at radius 3 is 2.10 bits per heavy atom.